The SMILES string of the molecule is CCOC(=O)c1c(-c2ccc(F)cc2)c(C(=O)OC)c(-c2ccc(F)cc2)[nH]c1=O. The minimum absolute atomic E-state index is 0.00555. The second-order valence-electron chi connectivity index (χ2n) is 6.18. The Morgan fingerprint density at radius 2 is 1.40 bits per heavy atom. The standard InChI is InChI=1S/C22H17F2NO5/c1-3-30-22(28)18-16(12-4-8-14(23)9-5-12)17(21(27)29-2)19(25-20(18)26)13-6-10-15(24)11-7-13/h4-11H,3H2,1-2H3,(H,25,26). The van der Waals surface area contributed by atoms with Gasteiger partial charge in [-0.05, 0) is 54.4 Å². The van der Waals surface area contributed by atoms with Crippen LogP contribution >= 0.6 is 0 Å². The number of aromatic amines is 1. The van der Waals surface area contributed by atoms with Gasteiger partial charge in [-0.2, -0.15) is 0 Å². The molecule has 8 heteroatoms. The zero-order valence-corrected chi connectivity index (χ0v) is 16.1. The van der Waals surface area contributed by atoms with Crippen LogP contribution in [0.2, 0.25) is 0 Å². The third-order valence-corrected chi connectivity index (χ3v) is 4.35. The zero-order chi connectivity index (χ0) is 21.8. The van der Waals surface area contributed by atoms with Crippen molar-refractivity contribution >= 4 is 11.9 Å². The van der Waals surface area contributed by atoms with Crippen LogP contribution in [0.3, 0.4) is 0 Å². The topological polar surface area (TPSA) is 85.5 Å². The predicted molar refractivity (Wildman–Crippen MR) is 105 cm³/mol. The van der Waals surface area contributed by atoms with Gasteiger partial charge in [0, 0.05) is 5.56 Å². The number of halogens is 2. The van der Waals surface area contributed by atoms with Crippen LogP contribution < -0.4 is 5.56 Å². The van der Waals surface area contributed by atoms with Crippen molar-refractivity contribution in [1.82, 2.24) is 4.98 Å². The Hall–Kier alpha value is -3.81. The smallest absolute Gasteiger partial charge is 0.344 e. The van der Waals surface area contributed by atoms with Crippen LogP contribution in [0, 0.1) is 11.6 Å². The normalized spacial score (nSPS) is 10.5. The van der Waals surface area contributed by atoms with E-state index in [1.165, 1.54) is 24.3 Å². The van der Waals surface area contributed by atoms with Gasteiger partial charge in [0.15, 0.2) is 0 Å². The van der Waals surface area contributed by atoms with E-state index in [0.29, 0.717) is 5.56 Å². The van der Waals surface area contributed by atoms with Gasteiger partial charge >= 0.3 is 11.9 Å². The molecule has 0 fully saturated rings. The summed E-state index contributed by atoms with van der Waals surface area (Å²) in [5, 5.41) is 0. The molecular formula is C22H17F2NO5. The summed E-state index contributed by atoms with van der Waals surface area (Å²) < 4.78 is 36.7. The summed E-state index contributed by atoms with van der Waals surface area (Å²) in [5.41, 5.74) is -0.877. The third kappa shape index (κ3) is 3.98. The van der Waals surface area contributed by atoms with Crippen molar-refractivity contribution in [3.63, 3.8) is 0 Å². The molecule has 0 amide bonds. The molecular weight excluding hydrogens is 396 g/mol. The molecule has 0 aliphatic carbocycles. The van der Waals surface area contributed by atoms with Gasteiger partial charge in [-0.15, -0.1) is 0 Å². The molecule has 154 valence electrons. The monoisotopic (exact) mass is 413 g/mol. The number of nitrogens with one attached hydrogen (secondary N) is 1. The summed E-state index contributed by atoms with van der Waals surface area (Å²) in [6, 6.07) is 9.96. The number of aromatic nitrogens is 1. The van der Waals surface area contributed by atoms with Crippen molar-refractivity contribution in [2.75, 3.05) is 13.7 Å². The van der Waals surface area contributed by atoms with E-state index in [0.717, 1.165) is 31.4 Å². The van der Waals surface area contributed by atoms with Gasteiger partial charge in [-0.25, -0.2) is 18.4 Å². The first-order valence-corrected chi connectivity index (χ1v) is 8.95. The van der Waals surface area contributed by atoms with Gasteiger partial charge in [0.05, 0.1) is 25.0 Å². The van der Waals surface area contributed by atoms with Gasteiger partial charge < -0.3 is 14.5 Å². The lowest BCUT2D eigenvalue weighted by Gasteiger charge is -2.17. The van der Waals surface area contributed by atoms with E-state index in [2.05, 4.69) is 4.98 Å². The number of hydrogen-bond acceptors (Lipinski definition) is 5. The van der Waals surface area contributed by atoms with Crippen LogP contribution in [0.5, 0.6) is 0 Å². The zero-order valence-electron chi connectivity index (χ0n) is 16.1. The quantitative estimate of drug-likeness (QED) is 0.640. The Balaban J connectivity index is 2.45. The molecule has 1 heterocycles. The van der Waals surface area contributed by atoms with Crippen molar-refractivity contribution in [3.8, 4) is 22.4 Å². The largest absolute Gasteiger partial charge is 0.465 e. The van der Waals surface area contributed by atoms with Crippen molar-refractivity contribution in [2.24, 2.45) is 0 Å². The maximum absolute atomic E-state index is 13.5. The third-order valence-electron chi connectivity index (χ3n) is 4.35. The number of rotatable bonds is 5. The summed E-state index contributed by atoms with van der Waals surface area (Å²) in [6.45, 7) is 1.56. The van der Waals surface area contributed by atoms with Gasteiger partial charge in [0.25, 0.3) is 5.56 Å². The number of benzene rings is 2. The Morgan fingerprint density at radius 3 is 1.90 bits per heavy atom. The highest BCUT2D eigenvalue weighted by Crippen LogP contribution is 2.33. The Kier molecular flexibility index (Phi) is 6.06. The van der Waals surface area contributed by atoms with E-state index in [1.54, 1.807) is 6.92 Å². The summed E-state index contributed by atoms with van der Waals surface area (Å²) in [5.74, 6) is -2.85. The van der Waals surface area contributed by atoms with Gasteiger partial charge in [-0.1, -0.05) is 12.1 Å². The first-order valence-electron chi connectivity index (χ1n) is 8.95. The fourth-order valence-corrected chi connectivity index (χ4v) is 3.04. The second kappa shape index (κ2) is 8.69. The number of pyridine rings is 1. The summed E-state index contributed by atoms with van der Waals surface area (Å²) in [6.07, 6.45) is 0. The van der Waals surface area contributed by atoms with Gasteiger partial charge in [-0.3, -0.25) is 4.79 Å². The highest BCUT2D eigenvalue weighted by molar-refractivity contribution is 6.09. The van der Waals surface area contributed by atoms with Gasteiger partial charge in [0.2, 0.25) is 0 Å². The second-order valence-corrected chi connectivity index (χ2v) is 6.18. The maximum atomic E-state index is 13.5. The predicted octanol–water partition coefficient (Wildman–Crippen LogP) is 3.95. The summed E-state index contributed by atoms with van der Waals surface area (Å²) >= 11 is 0. The van der Waals surface area contributed by atoms with Crippen LogP contribution in [0.1, 0.15) is 27.6 Å². The van der Waals surface area contributed by atoms with Crippen LogP contribution in [0.25, 0.3) is 22.4 Å². The minimum Gasteiger partial charge on any atom is -0.465 e. The lowest BCUT2D eigenvalue weighted by atomic mass is 9.92. The lowest BCUT2D eigenvalue weighted by molar-refractivity contribution is 0.0525. The highest BCUT2D eigenvalue weighted by Gasteiger charge is 2.29. The Bertz CT molecular complexity index is 1150. The fourth-order valence-electron chi connectivity index (χ4n) is 3.04. The van der Waals surface area contributed by atoms with Crippen molar-refractivity contribution in [3.05, 3.63) is 81.6 Å². The molecule has 0 saturated heterocycles. The van der Waals surface area contributed by atoms with E-state index in [4.69, 9.17) is 9.47 Å². The fraction of sp³-hybridized carbons (Fsp3) is 0.136. The average molecular weight is 413 g/mol. The van der Waals surface area contributed by atoms with Crippen LogP contribution in [0.4, 0.5) is 8.78 Å². The number of carbonyl (C=O) groups excluding carboxylic acids is 2. The van der Waals surface area contributed by atoms with E-state index in [-0.39, 0.29) is 29.0 Å². The van der Waals surface area contributed by atoms with E-state index in [9.17, 15) is 23.2 Å². The number of H-pyrrole nitrogens is 1. The number of ether oxygens (including phenoxy) is 2. The average Bonchev–Trinajstić information content (AvgIpc) is 2.73. The number of esters is 2. The molecule has 0 aliphatic heterocycles. The number of hydrogen-bond donors (Lipinski definition) is 1. The molecule has 1 N–H and O–H groups in total. The highest BCUT2D eigenvalue weighted by atomic mass is 19.1. The molecule has 30 heavy (non-hydrogen) atoms. The maximum Gasteiger partial charge on any atom is 0.344 e. The lowest BCUT2D eigenvalue weighted by Crippen LogP contribution is -2.25. The molecule has 0 radical (unpaired) electrons. The van der Waals surface area contributed by atoms with Crippen molar-refractivity contribution in [2.45, 2.75) is 6.92 Å². The number of methoxy groups -OCH3 is 1. The molecule has 0 atom stereocenters. The molecule has 0 aliphatic rings. The number of carbonyl (C=O) groups is 2. The molecule has 1 aromatic heterocycles. The molecule has 2 aromatic carbocycles. The van der Waals surface area contributed by atoms with E-state index >= 15 is 0 Å². The molecule has 0 spiro atoms. The van der Waals surface area contributed by atoms with E-state index < -0.39 is 34.7 Å². The molecule has 6 nitrogen and oxygen atoms in total. The van der Waals surface area contributed by atoms with Gasteiger partial charge in [0.1, 0.15) is 17.2 Å². The van der Waals surface area contributed by atoms with Crippen LogP contribution in [-0.2, 0) is 9.47 Å². The Morgan fingerprint density at radius 1 is 0.867 bits per heavy atom. The van der Waals surface area contributed by atoms with Crippen molar-refractivity contribution < 1.29 is 27.8 Å². The molecule has 0 bridgehead atoms. The Labute approximate surface area is 170 Å². The minimum atomic E-state index is -0.950. The van der Waals surface area contributed by atoms with Crippen molar-refractivity contribution in [1.29, 1.82) is 0 Å². The van der Waals surface area contributed by atoms with E-state index in [1.807, 2.05) is 0 Å². The van der Waals surface area contributed by atoms with Crippen LogP contribution in [0.15, 0.2) is 53.3 Å². The molecule has 3 aromatic rings. The molecule has 0 saturated carbocycles. The molecule has 0 unspecified atom stereocenters. The first-order chi connectivity index (χ1) is 14.4. The molecule has 3 rings (SSSR count). The summed E-state index contributed by atoms with van der Waals surface area (Å²) in [7, 11) is 1.14. The van der Waals surface area contributed by atoms with Crippen LogP contribution in [-0.4, -0.2) is 30.6 Å². The first kappa shape index (κ1) is 20.9. The summed E-state index contributed by atoms with van der Waals surface area (Å²) in [4.78, 5) is 40.7.